The summed E-state index contributed by atoms with van der Waals surface area (Å²) in [7, 11) is 0. The van der Waals surface area contributed by atoms with E-state index in [4.69, 9.17) is 0 Å². The Morgan fingerprint density at radius 1 is 1.29 bits per heavy atom. The van der Waals surface area contributed by atoms with Gasteiger partial charge in [-0.2, -0.15) is 0 Å². The average molecular weight is 289 g/mol. The number of benzene rings is 1. The molecule has 0 saturated carbocycles. The van der Waals surface area contributed by atoms with Crippen LogP contribution in [-0.4, -0.2) is 39.7 Å². The van der Waals surface area contributed by atoms with Gasteiger partial charge in [0.1, 0.15) is 6.04 Å². The van der Waals surface area contributed by atoms with Gasteiger partial charge in [0.05, 0.1) is 6.10 Å². The van der Waals surface area contributed by atoms with Gasteiger partial charge in [-0.15, -0.1) is 0 Å². The van der Waals surface area contributed by atoms with E-state index >= 15 is 0 Å². The number of aliphatic carboxylic acids is 1. The highest BCUT2D eigenvalue weighted by Gasteiger charge is 2.36. The van der Waals surface area contributed by atoms with Crippen LogP contribution in [0.2, 0.25) is 0 Å². The van der Waals surface area contributed by atoms with Crippen LogP contribution in [0.1, 0.15) is 49.0 Å². The summed E-state index contributed by atoms with van der Waals surface area (Å²) in [5.74, 6) is -0.777. The van der Waals surface area contributed by atoms with Crippen molar-refractivity contribution in [2.75, 3.05) is 6.54 Å². The Kier molecular flexibility index (Phi) is 4.00. The Bertz CT molecular complexity index is 543. The number of carbonyl (C=O) groups is 1. The van der Waals surface area contributed by atoms with E-state index in [0.29, 0.717) is 6.42 Å². The SMILES string of the molecule is CC(C(O)c1ccc2c(c1)CCC2)N1CCCC1C(=O)O. The lowest BCUT2D eigenvalue weighted by molar-refractivity contribution is -0.143. The first-order valence-corrected chi connectivity index (χ1v) is 7.86. The zero-order valence-electron chi connectivity index (χ0n) is 12.5. The molecule has 0 spiro atoms. The fraction of sp³-hybridized carbons (Fsp3) is 0.588. The number of rotatable bonds is 4. The normalized spacial score (nSPS) is 24.8. The Morgan fingerprint density at radius 3 is 2.81 bits per heavy atom. The van der Waals surface area contributed by atoms with Crippen molar-refractivity contribution in [3.8, 4) is 0 Å². The molecule has 1 heterocycles. The second-order valence-corrected chi connectivity index (χ2v) is 6.30. The first-order valence-electron chi connectivity index (χ1n) is 7.86. The largest absolute Gasteiger partial charge is 0.480 e. The molecule has 3 rings (SSSR count). The standard InChI is InChI=1S/C17H23NO3/c1-11(18-9-3-6-15(18)17(20)21)16(19)14-8-7-12-4-2-5-13(12)10-14/h7-8,10-11,15-16,19H,2-6,9H2,1H3,(H,20,21). The number of nitrogens with zero attached hydrogens (tertiary/aromatic N) is 1. The molecule has 1 saturated heterocycles. The van der Waals surface area contributed by atoms with Crippen molar-refractivity contribution < 1.29 is 15.0 Å². The number of carboxylic acid groups (broad SMARTS) is 1. The molecule has 1 aromatic carbocycles. The molecule has 3 unspecified atom stereocenters. The quantitative estimate of drug-likeness (QED) is 0.891. The number of aliphatic hydroxyl groups excluding tert-OH is 1. The first kappa shape index (κ1) is 14.5. The van der Waals surface area contributed by atoms with E-state index in [9.17, 15) is 15.0 Å². The fourth-order valence-corrected chi connectivity index (χ4v) is 3.78. The Morgan fingerprint density at radius 2 is 2.05 bits per heavy atom. The predicted octanol–water partition coefficient (Wildman–Crippen LogP) is 2.15. The van der Waals surface area contributed by atoms with Crippen molar-refractivity contribution in [2.45, 2.75) is 57.2 Å². The van der Waals surface area contributed by atoms with Gasteiger partial charge in [0, 0.05) is 6.04 Å². The molecule has 21 heavy (non-hydrogen) atoms. The van der Waals surface area contributed by atoms with Crippen molar-refractivity contribution in [3.05, 3.63) is 34.9 Å². The summed E-state index contributed by atoms with van der Waals surface area (Å²) < 4.78 is 0. The molecule has 3 atom stereocenters. The van der Waals surface area contributed by atoms with Gasteiger partial charge in [0.2, 0.25) is 0 Å². The van der Waals surface area contributed by atoms with E-state index in [0.717, 1.165) is 31.4 Å². The summed E-state index contributed by atoms with van der Waals surface area (Å²) in [5, 5.41) is 19.9. The van der Waals surface area contributed by atoms with Crippen LogP contribution in [0.4, 0.5) is 0 Å². The van der Waals surface area contributed by atoms with Crippen molar-refractivity contribution in [2.24, 2.45) is 0 Å². The zero-order chi connectivity index (χ0) is 15.0. The van der Waals surface area contributed by atoms with Crippen molar-refractivity contribution in [3.63, 3.8) is 0 Å². The van der Waals surface area contributed by atoms with Crippen LogP contribution in [-0.2, 0) is 17.6 Å². The van der Waals surface area contributed by atoms with Crippen molar-refractivity contribution >= 4 is 5.97 Å². The lowest BCUT2D eigenvalue weighted by Crippen LogP contribution is -2.44. The molecule has 0 bridgehead atoms. The smallest absolute Gasteiger partial charge is 0.320 e. The molecule has 0 aromatic heterocycles. The molecule has 1 aliphatic heterocycles. The lowest BCUT2D eigenvalue weighted by atomic mass is 9.98. The highest BCUT2D eigenvalue weighted by atomic mass is 16.4. The van der Waals surface area contributed by atoms with Gasteiger partial charge < -0.3 is 10.2 Å². The molecule has 1 aliphatic carbocycles. The van der Waals surface area contributed by atoms with Crippen molar-refractivity contribution in [1.82, 2.24) is 4.90 Å². The van der Waals surface area contributed by atoms with E-state index in [1.54, 1.807) is 0 Å². The lowest BCUT2D eigenvalue weighted by Gasteiger charge is -2.32. The zero-order valence-corrected chi connectivity index (χ0v) is 12.5. The van der Waals surface area contributed by atoms with Crippen LogP contribution >= 0.6 is 0 Å². The third kappa shape index (κ3) is 2.70. The molecule has 0 amide bonds. The predicted molar refractivity (Wildman–Crippen MR) is 80.3 cm³/mol. The van der Waals surface area contributed by atoms with Gasteiger partial charge in [-0.05, 0) is 62.3 Å². The number of fused-ring (bicyclic) bond motifs is 1. The Balaban J connectivity index is 1.78. The second-order valence-electron chi connectivity index (χ2n) is 6.30. The summed E-state index contributed by atoms with van der Waals surface area (Å²) in [6, 6.07) is 5.59. The highest BCUT2D eigenvalue weighted by molar-refractivity contribution is 5.73. The molecule has 4 nitrogen and oxygen atoms in total. The molecule has 1 aromatic rings. The van der Waals surface area contributed by atoms with Crippen LogP contribution < -0.4 is 0 Å². The number of likely N-dealkylation sites (tertiary alicyclic amines) is 1. The second kappa shape index (κ2) is 5.78. The number of aryl methyl sites for hydroxylation is 2. The summed E-state index contributed by atoms with van der Waals surface area (Å²) in [6.07, 6.45) is 4.35. The molecule has 2 N–H and O–H groups in total. The maximum Gasteiger partial charge on any atom is 0.320 e. The molecule has 114 valence electrons. The maximum atomic E-state index is 11.3. The van der Waals surface area contributed by atoms with Gasteiger partial charge in [-0.1, -0.05) is 18.2 Å². The minimum Gasteiger partial charge on any atom is -0.480 e. The third-order valence-electron chi connectivity index (χ3n) is 5.02. The topological polar surface area (TPSA) is 60.8 Å². The molecule has 1 fully saturated rings. The highest BCUT2D eigenvalue weighted by Crippen LogP contribution is 2.30. The van der Waals surface area contributed by atoms with E-state index in [2.05, 4.69) is 12.1 Å². The van der Waals surface area contributed by atoms with E-state index < -0.39 is 18.1 Å². The van der Waals surface area contributed by atoms with Gasteiger partial charge >= 0.3 is 5.97 Å². The first-order chi connectivity index (χ1) is 10.1. The summed E-state index contributed by atoms with van der Waals surface area (Å²) in [6.45, 7) is 2.68. The fourth-order valence-electron chi connectivity index (χ4n) is 3.78. The van der Waals surface area contributed by atoms with Crippen LogP contribution in [0.3, 0.4) is 0 Å². The monoisotopic (exact) mass is 289 g/mol. The minimum atomic E-state index is -0.777. The van der Waals surface area contributed by atoms with E-state index in [-0.39, 0.29) is 6.04 Å². The number of hydrogen-bond donors (Lipinski definition) is 2. The summed E-state index contributed by atoms with van der Waals surface area (Å²) in [4.78, 5) is 13.2. The molecule has 4 heteroatoms. The molecular formula is C17H23NO3. The number of hydrogen-bond acceptors (Lipinski definition) is 3. The molecule has 2 aliphatic rings. The Hall–Kier alpha value is -1.39. The van der Waals surface area contributed by atoms with E-state index in [1.807, 2.05) is 17.9 Å². The molecule has 0 radical (unpaired) electrons. The van der Waals surface area contributed by atoms with E-state index in [1.165, 1.54) is 17.5 Å². The number of carboxylic acids is 1. The number of aliphatic hydroxyl groups is 1. The van der Waals surface area contributed by atoms with Crippen LogP contribution in [0.25, 0.3) is 0 Å². The third-order valence-corrected chi connectivity index (χ3v) is 5.02. The van der Waals surface area contributed by atoms with Gasteiger partial charge in [-0.25, -0.2) is 0 Å². The summed E-state index contributed by atoms with van der Waals surface area (Å²) >= 11 is 0. The average Bonchev–Trinajstić information content (AvgIpc) is 3.13. The van der Waals surface area contributed by atoms with Gasteiger partial charge in [0.25, 0.3) is 0 Å². The summed E-state index contributed by atoms with van der Waals surface area (Å²) in [5.41, 5.74) is 3.65. The van der Waals surface area contributed by atoms with Crippen LogP contribution in [0, 0.1) is 0 Å². The van der Waals surface area contributed by atoms with Gasteiger partial charge in [0.15, 0.2) is 0 Å². The Labute approximate surface area is 125 Å². The van der Waals surface area contributed by atoms with Crippen LogP contribution in [0.15, 0.2) is 18.2 Å². The van der Waals surface area contributed by atoms with Crippen LogP contribution in [0.5, 0.6) is 0 Å². The van der Waals surface area contributed by atoms with Gasteiger partial charge in [-0.3, -0.25) is 9.69 Å². The molecular weight excluding hydrogens is 266 g/mol. The maximum absolute atomic E-state index is 11.3. The minimum absolute atomic E-state index is 0.173. The van der Waals surface area contributed by atoms with Crippen molar-refractivity contribution in [1.29, 1.82) is 0 Å².